The molecule has 10 nitrogen and oxygen atoms in total. The number of fused-ring (bicyclic) bond motifs is 5. The third kappa shape index (κ3) is 3.22. The molecule has 11 heteroatoms. The van der Waals surface area contributed by atoms with E-state index in [1.165, 1.54) is 6.07 Å². The molecule has 2 fully saturated rings. The van der Waals surface area contributed by atoms with Gasteiger partial charge in [0.25, 0.3) is 11.8 Å². The number of nitro benzene ring substituents is 1. The van der Waals surface area contributed by atoms with Gasteiger partial charge in [0.1, 0.15) is 0 Å². The first-order chi connectivity index (χ1) is 14.3. The molecule has 3 aliphatic rings. The highest BCUT2D eigenvalue weighted by atomic mass is 35.5. The Morgan fingerprint density at radius 2 is 1.93 bits per heavy atom. The highest BCUT2D eigenvalue weighted by molar-refractivity contribution is 6.31. The Bertz CT molecular complexity index is 992. The number of nitrogens with zero attached hydrogens (tertiary/aromatic N) is 3. The van der Waals surface area contributed by atoms with Crippen LogP contribution in [0.15, 0.2) is 29.4 Å². The molecule has 2 aliphatic carbocycles. The zero-order chi connectivity index (χ0) is 21.6. The number of methoxy groups -OCH3 is 1. The molecule has 1 aromatic carbocycles. The number of allylic oxidation sites excluding steroid dienone is 2. The molecule has 1 aromatic rings. The van der Waals surface area contributed by atoms with Crippen molar-refractivity contribution in [1.82, 2.24) is 5.01 Å². The van der Waals surface area contributed by atoms with Crippen molar-refractivity contribution in [1.29, 1.82) is 0 Å². The number of benzene rings is 1. The van der Waals surface area contributed by atoms with Crippen LogP contribution in [0.25, 0.3) is 0 Å². The number of hydrogen-bond acceptors (Lipinski definition) is 8. The lowest BCUT2D eigenvalue weighted by atomic mass is 9.85. The topological polar surface area (TPSA) is 128 Å². The minimum atomic E-state index is -0.747. The van der Waals surface area contributed by atoms with Crippen LogP contribution in [0, 0.1) is 33.8 Å². The standard InChI is InChI=1S/C19H16ClN3O7/c1-29-14(24)8-30-17-11(5-12(20)6-13(17)23(27)28)7-21-22-18(25)15-9-2-3-10(4-9)16(15)19(22)26/h2-3,5-7,9-10,15-16H,4,8H2,1H3/t9-,10-,15-,16+/m0/s1. The van der Waals surface area contributed by atoms with Crippen molar-refractivity contribution in [3.63, 3.8) is 0 Å². The molecule has 0 unspecified atom stereocenters. The quantitative estimate of drug-likeness (QED) is 0.167. The van der Waals surface area contributed by atoms with Crippen LogP contribution >= 0.6 is 11.6 Å². The maximum atomic E-state index is 12.7. The van der Waals surface area contributed by atoms with Crippen LogP contribution in [0.4, 0.5) is 5.69 Å². The molecule has 0 radical (unpaired) electrons. The van der Waals surface area contributed by atoms with Crippen LogP contribution in [0.3, 0.4) is 0 Å². The summed E-state index contributed by atoms with van der Waals surface area (Å²) in [5, 5.41) is 16.2. The Hall–Kier alpha value is -3.27. The van der Waals surface area contributed by atoms with E-state index in [9.17, 15) is 24.5 Å². The summed E-state index contributed by atoms with van der Waals surface area (Å²) in [4.78, 5) is 47.5. The van der Waals surface area contributed by atoms with Gasteiger partial charge in [-0.25, -0.2) is 4.79 Å². The summed E-state index contributed by atoms with van der Waals surface area (Å²) in [6, 6.07) is 2.38. The van der Waals surface area contributed by atoms with Crippen molar-refractivity contribution in [2.75, 3.05) is 13.7 Å². The van der Waals surface area contributed by atoms with Crippen LogP contribution in [0.5, 0.6) is 5.75 Å². The van der Waals surface area contributed by atoms with Gasteiger partial charge in [0, 0.05) is 16.7 Å². The smallest absolute Gasteiger partial charge is 0.343 e. The lowest BCUT2D eigenvalue weighted by Crippen LogP contribution is -2.28. The lowest BCUT2D eigenvalue weighted by molar-refractivity contribution is -0.385. The van der Waals surface area contributed by atoms with E-state index in [-0.39, 0.29) is 28.2 Å². The Morgan fingerprint density at radius 1 is 1.30 bits per heavy atom. The molecule has 1 saturated heterocycles. The van der Waals surface area contributed by atoms with E-state index in [4.69, 9.17) is 16.3 Å². The summed E-state index contributed by atoms with van der Waals surface area (Å²) in [7, 11) is 1.15. The Morgan fingerprint density at radius 3 is 2.50 bits per heavy atom. The number of halogens is 1. The van der Waals surface area contributed by atoms with Gasteiger partial charge in [-0.05, 0) is 24.3 Å². The second-order valence-corrected chi connectivity index (χ2v) is 7.63. The predicted octanol–water partition coefficient (Wildman–Crippen LogP) is 1.94. The number of carbonyl (C=O) groups excluding carboxylic acids is 3. The molecule has 1 aliphatic heterocycles. The SMILES string of the molecule is COC(=O)COc1c(C=NN2C(=O)[C@@H]3[C@H](C2=O)[C@H]2C=C[C@H]3C2)cc(Cl)cc1[N+](=O)[O-]. The summed E-state index contributed by atoms with van der Waals surface area (Å²) in [6.45, 7) is -0.583. The molecule has 0 aromatic heterocycles. The summed E-state index contributed by atoms with van der Waals surface area (Å²) < 4.78 is 9.74. The Kier molecular flexibility index (Phi) is 5.02. The fraction of sp³-hybridized carbons (Fsp3) is 0.368. The molecule has 1 heterocycles. The molecule has 4 atom stereocenters. The van der Waals surface area contributed by atoms with E-state index in [1.54, 1.807) is 0 Å². The Balaban J connectivity index is 1.64. The van der Waals surface area contributed by atoms with Gasteiger partial charge < -0.3 is 9.47 Å². The van der Waals surface area contributed by atoms with Gasteiger partial charge in [-0.2, -0.15) is 10.1 Å². The number of esters is 1. The molecule has 0 N–H and O–H groups in total. The number of imide groups is 1. The highest BCUT2D eigenvalue weighted by Gasteiger charge is 2.59. The van der Waals surface area contributed by atoms with Gasteiger partial charge >= 0.3 is 11.7 Å². The lowest BCUT2D eigenvalue weighted by Gasteiger charge is -2.13. The number of hydrogen-bond donors (Lipinski definition) is 0. The zero-order valence-corrected chi connectivity index (χ0v) is 16.4. The fourth-order valence-electron chi connectivity index (χ4n) is 4.30. The first kappa shape index (κ1) is 20.0. The van der Waals surface area contributed by atoms with Gasteiger partial charge in [0.2, 0.25) is 5.75 Å². The third-order valence-electron chi connectivity index (χ3n) is 5.58. The molecule has 156 valence electrons. The second kappa shape index (κ2) is 7.52. The maximum absolute atomic E-state index is 12.7. The number of carbonyl (C=O) groups is 3. The summed E-state index contributed by atoms with van der Waals surface area (Å²) >= 11 is 5.96. The molecule has 4 rings (SSSR count). The number of hydrazone groups is 1. The molecule has 1 saturated carbocycles. The van der Waals surface area contributed by atoms with E-state index < -0.39 is 46.8 Å². The summed E-state index contributed by atoms with van der Waals surface area (Å²) in [5.41, 5.74) is -0.456. The average molecular weight is 434 g/mol. The van der Waals surface area contributed by atoms with Crippen LogP contribution in [0.2, 0.25) is 5.02 Å². The maximum Gasteiger partial charge on any atom is 0.343 e. The van der Waals surface area contributed by atoms with Crippen molar-refractivity contribution in [3.8, 4) is 5.75 Å². The molecular formula is C19H16ClN3O7. The van der Waals surface area contributed by atoms with Gasteiger partial charge in [-0.15, -0.1) is 0 Å². The zero-order valence-electron chi connectivity index (χ0n) is 15.7. The van der Waals surface area contributed by atoms with Gasteiger partial charge in [-0.1, -0.05) is 23.8 Å². The monoisotopic (exact) mass is 433 g/mol. The van der Waals surface area contributed by atoms with E-state index in [2.05, 4.69) is 9.84 Å². The Labute approximate surface area is 175 Å². The van der Waals surface area contributed by atoms with Crippen LogP contribution in [-0.4, -0.2) is 47.6 Å². The van der Waals surface area contributed by atoms with Crippen molar-refractivity contribution < 1.29 is 28.8 Å². The number of rotatable bonds is 6. The highest BCUT2D eigenvalue weighted by Crippen LogP contribution is 2.52. The summed E-state index contributed by atoms with van der Waals surface area (Å²) in [5.74, 6) is -2.60. The van der Waals surface area contributed by atoms with Crippen molar-refractivity contribution in [3.05, 3.63) is 45.0 Å². The molecule has 0 spiro atoms. The van der Waals surface area contributed by atoms with Gasteiger partial charge in [-0.3, -0.25) is 19.7 Å². The number of ether oxygens (including phenoxy) is 2. The summed E-state index contributed by atoms with van der Waals surface area (Å²) in [6.07, 6.45) is 5.81. The van der Waals surface area contributed by atoms with Crippen molar-refractivity contribution in [2.45, 2.75) is 6.42 Å². The van der Waals surface area contributed by atoms with Crippen LogP contribution < -0.4 is 4.74 Å². The number of nitro groups is 1. The minimum Gasteiger partial charge on any atom is -0.474 e. The van der Waals surface area contributed by atoms with E-state index >= 15 is 0 Å². The fourth-order valence-corrected chi connectivity index (χ4v) is 4.52. The van der Waals surface area contributed by atoms with Crippen LogP contribution in [-0.2, 0) is 19.1 Å². The van der Waals surface area contributed by atoms with Crippen molar-refractivity contribution in [2.24, 2.45) is 28.8 Å². The van der Waals surface area contributed by atoms with Gasteiger partial charge in [0.15, 0.2) is 6.61 Å². The number of amides is 2. The second-order valence-electron chi connectivity index (χ2n) is 7.20. The molecule has 2 amide bonds. The first-order valence-electron chi connectivity index (χ1n) is 9.09. The molecular weight excluding hydrogens is 418 g/mol. The van der Waals surface area contributed by atoms with E-state index in [0.717, 1.165) is 30.8 Å². The average Bonchev–Trinajstić information content (AvgIpc) is 3.39. The molecule has 30 heavy (non-hydrogen) atoms. The van der Waals surface area contributed by atoms with E-state index in [0.29, 0.717) is 0 Å². The predicted molar refractivity (Wildman–Crippen MR) is 103 cm³/mol. The van der Waals surface area contributed by atoms with Crippen LogP contribution in [0.1, 0.15) is 12.0 Å². The van der Waals surface area contributed by atoms with Gasteiger partial charge in [0.05, 0.1) is 30.1 Å². The first-order valence-corrected chi connectivity index (χ1v) is 9.47. The third-order valence-corrected chi connectivity index (χ3v) is 5.80. The van der Waals surface area contributed by atoms with Crippen molar-refractivity contribution >= 4 is 41.3 Å². The molecule has 2 bridgehead atoms. The normalized spacial score (nSPS) is 26.5. The largest absolute Gasteiger partial charge is 0.474 e. The van der Waals surface area contributed by atoms with E-state index in [1.807, 2.05) is 12.2 Å². The minimum absolute atomic E-state index is 0.0201.